The van der Waals surface area contributed by atoms with Crippen LogP contribution in [0.3, 0.4) is 0 Å². The zero-order chi connectivity index (χ0) is 14.1. The zero-order valence-electron chi connectivity index (χ0n) is 8.56. The highest BCUT2D eigenvalue weighted by atomic mass is 19.4. The number of rotatable bonds is 2. The third-order valence-corrected chi connectivity index (χ3v) is 2.24. The normalized spacial score (nSPS) is 14.9. The molecule has 1 N–H and O–H groups in total. The van der Waals surface area contributed by atoms with Gasteiger partial charge in [-0.15, -0.1) is 0 Å². The van der Waals surface area contributed by atoms with E-state index in [4.69, 9.17) is 5.11 Å². The van der Waals surface area contributed by atoms with Gasteiger partial charge in [0.1, 0.15) is 11.9 Å². The van der Waals surface area contributed by atoms with Crippen LogP contribution in [0.25, 0.3) is 0 Å². The highest BCUT2D eigenvalue weighted by Gasteiger charge is 2.60. The molecule has 0 spiro atoms. The number of hydrogen-bond acceptors (Lipinski definition) is 1. The highest BCUT2D eigenvalue weighted by Crippen LogP contribution is 2.46. The van der Waals surface area contributed by atoms with E-state index >= 15 is 0 Å². The molecular formula is C10H7F7O. The summed E-state index contributed by atoms with van der Waals surface area (Å²) in [7, 11) is 0. The van der Waals surface area contributed by atoms with E-state index in [9.17, 15) is 30.7 Å². The van der Waals surface area contributed by atoms with Gasteiger partial charge in [-0.05, 0) is 6.07 Å². The molecule has 0 aliphatic heterocycles. The molecule has 1 atom stereocenters. The number of halogens is 7. The Labute approximate surface area is 96.8 Å². The summed E-state index contributed by atoms with van der Waals surface area (Å²) in [4.78, 5) is 0. The highest BCUT2D eigenvalue weighted by molar-refractivity contribution is 5.21. The van der Waals surface area contributed by atoms with Crippen LogP contribution in [-0.2, 0) is 0 Å². The molecule has 8 heteroatoms. The molecule has 102 valence electrons. The van der Waals surface area contributed by atoms with Crippen molar-refractivity contribution in [1.29, 1.82) is 0 Å². The Hall–Kier alpha value is -1.31. The summed E-state index contributed by atoms with van der Waals surface area (Å²) in [6, 6.07) is 3.46. The predicted octanol–water partition coefficient (Wildman–Crippen LogP) is 3.60. The summed E-state index contributed by atoms with van der Waals surface area (Å²) in [6.45, 7) is 0. The molecule has 0 heterocycles. The van der Waals surface area contributed by atoms with Gasteiger partial charge in [0.05, 0.1) is 0 Å². The second-order valence-corrected chi connectivity index (χ2v) is 3.53. The molecule has 0 radical (unpaired) electrons. The van der Waals surface area contributed by atoms with E-state index in [0.29, 0.717) is 12.1 Å². The van der Waals surface area contributed by atoms with Crippen LogP contribution in [0.2, 0.25) is 0 Å². The van der Waals surface area contributed by atoms with Crippen LogP contribution in [0, 0.1) is 11.7 Å². The van der Waals surface area contributed by atoms with Crippen LogP contribution < -0.4 is 0 Å². The van der Waals surface area contributed by atoms with Crippen molar-refractivity contribution in [2.24, 2.45) is 5.92 Å². The Kier molecular flexibility index (Phi) is 3.89. The van der Waals surface area contributed by atoms with E-state index in [1.165, 1.54) is 0 Å². The minimum atomic E-state index is -5.72. The van der Waals surface area contributed by atoms with Gasteiger partial charge in [0.15, 0.2) is 5.92 Å². The summed E-state index contributed by atoms with van der Waals surface area (Å²) in [5.74, 6) is -5.36. The Morgan fingerprint density at radius 3 is 1.72 bits per heavy atom. The van der Waals surface area contributed by atoms with E-state index < -0.39 is 35.8 Å². The molecular weight excluding hydrogens is 269 g/mol. The number of hydrogen-bond donors (Lipinski definition) is 1. The van der Waals surface area contributed by atoms with Gasteiger partial charge in [-0.1, -0.05) is 18.2 Å². The van der Waals surface area contributed by atoms with Crippen molar-refractivity contribution in [2.45, 2.75) is 18.5 Å². The topological polar surface area (TPSA) is 20.2 Å². The van der Waals surface area contributed by atoms with Gasteiger partial charge in [-0.3, -0.25) is 0 Å². The van der Waals surface area contributed by atoms with Gasteiger partial charge >= 0.3 is 12.4 Å². The predicted molar refractivity (Wildman–Crippen MR) is 47.0 cm³/mol. The monoisotopic (exact) mass is 276 g/mol. The maximum Gasteiger partial charge on any atom is 0.403 e. The van der Waals surface area contributed by atoms with Crippen molar-refractivity contribution >= 4 is 0 Å². The molecule has 18 heavy (non-hydrogen) atoms. The van der Waals surface area contributed by atoms with Crippen molar-refractivity contribution in [3.8, 4) is 0 Å². The van der Waals surface area contributed by atoms with Gasteiger partial charge in [0, 0.05) is 5.56 Å². The molecule has 0 aliphatic carbocycles. The van der Waals surface area contributed by atoms with Crippen molar-refractivity contribution < 1.29 is 35.8 Å². The van der Waals surface area contributed by atoms with Crippen LogP contribution in [0.4, 0.5) is 30.7 Å². The first-order valence-corrected chi connectivity index (χ1v) is 4.61. The molecule has 1 rings (SSSR count). The number of alkyl halides is 6. The molecule has 0 bridgehead atoms. The average molecular weight is 276 g/mol. The van der Waals surface area contributed by atoms with Crippen LogP contribution >= 0.6 is 0 Å². The van der Waals surface area contributed by atoms with E-state index in [0.717, 1.165) is 12.1 Å². The third-order valence-electron chi connectivity index (χ3n) is 2.24. The van der Waals surface area contributed by atoms with Gasteiger partial charge in [0.25, 0.3) is 0 Å². The molecule has 0 amide bonds. The zero-order valence-corrected chi connectivity index (χ0v) is 8.56. The van der Waals surface area contributed by atoms with Crippen molar-refractivity contribution in [1.82, 2.24) is 0 Å². The fourth-order valence-corrected chi connectivity index (χ4v) is 1.44. The minimum Gasteiger partial charge on any atom is -0.387 e. The van der Waals surface area contributed by atoms with E-state index in [-0.39, 0.29) is 0 Å². The SMILES string of the molecule is OC(c1ccccc1F)C(C(F)(F)F)C(F)(F)F. The fourth-order valence-electron chi connectivity index (χ4n) is 1.44. The summed E-state index contributed by atoms with van der Waals surface area (Å²) >= 11 is 0. The second kappa shape index (κ2) is 4.75. The van der Waals surface area contributed by atoms with E-state index in [1.807, 2.05) is 0 Å². The van der Waals surface area contributed by atoms with E-state index in [2.05, 4.69) is 0 Å². The van der Waals surface area contributed by atoms with Crippen molar-refractivity contribution in [2.75, 3.05) is 0 Å². The average Bonchev–Trinajstić information content (AvgIpc) is 2.13. The maximum absolute atomic E-state index is 13.1. The maximum atomic E-state index is 13.1. The Balaban J connectivity index is 3.20. The fraction of sp³-hybridized carbons (Fsp3) is 0.400. The van der Waals surface area contributed by atoms with Crippen molar-refractivity contribution in [3.63, 3.8) is 0 Å². The summed E-state index contributed by atoms with van der Waals surface area (Å²) in [6.07, 6.45) is -14.5. The first kappa shape index (κ1) is 14.7. The third kappa shape index (κ3) is 3.12. The summed E-state index contributed by atoms with van der Waals surface area (Å²) in [5.41, 5.74) is -1.04. The van der Waals surface area contributed by atoms with Crippen LogP contribution in [-0.4, -0.2) is 17.5 Å². The summed E-state index contributed by atoms with van der Waals surface area (Å²) in [5, 5.41) is 9.15. The quantitative estimate of drug-likeness (QED) is 0.818. The van der Waals surface area contributed by atoms with Gasteiger partial charge in [-0.25, -0.2) is 4.39 Å². The first-order chi connectivity index (χ1) is 8.05. The summed E-state index contributed by atoms with van der Waals surface area (Å²) < 4.78 is 86.8. The lowest BCUT2D eigenvalue weighted by molar-refractivity contribution is -0.307. The molecule has 0 aliphatic rings. The molecule has 1 aromatic rings. The standard InChI is InChI=1S/C10H7F7O/c11-6-4-2-1-3-5(6)7(18)8(9(12,13)14)10(15,16)17/h1-4,7-8,18H. The molecule has 0 fully saturated rings. The lowest BCUT2D eigenvalue weighted by Crippen LogP contribution is -2.41. The molecule has 0 aromatic heterocycles. The first-order valence-electron chi connectivity index (χ1n) is 4.61. The lowest BCUT2D eigenvalue weighted by Gasteiger charge is -2.27. The van der Waals surface area contributed by atoms with Gasteiger partial charge in [0.2, 0.25) is 0 Å². The smallest absolute Gasteiger partial charge is 0.387 e. The molecule has 0 saturated heterocycles. The van der Waals surface area contributed by atoms with Gasteiger partial charge < -0.3 is 5.11 Å². The molecule has 1 aromatic carbocycles. The molecule has 1 nitrogen and oxygen atoms in total. The number of aliphatic hydroxyl groups is 1. The minimum absolute atomic E-state index is 0.669. The molecule has 1 unspecified atom stereocenters. The second-order valence-electron chi connectivity index (χ2n) is 3.53. The van der Waals surface area contributed by atoms with Crippen LogP contribution in [0.1, 0.15) is 11.7 Å². The Morgan fingerprint density at radius 1 is 0.889 bits per heavy atom. The van der Waals surface area contributed by atoms with E-state index in [1.54, 1.807) is 0 Å². The van der Waals surface area contributed by atoms with Crippen LogP contribution in [0.15, 0.2) is 24.3 Å². The number of benzene rings is 1. The Morgan fingerprint density at radius 2 is 1.33 bits per heavy atom. The van der Waals surface area contributed by atoms with Gasteiger partial charge in [-0.2, -0.15) is 26.3 Å². The Bertz CT molecular complexity index is 395. The number of aliphatic hydroxyl groups excluding tert-OH is 1. The largest absolute Gasteiger partial charge is 0.403 e. The lowest BCUT2D eigenvalue weighted by atomic mass is 9.94. The van der Waals surface area contributed by atoms with Crippen LogP contribution in [0.5, 0.6) is 0 Å². The molecule has 0 saturated carbocycles. The van der Waals surface area contributed by atoms with Crippen molar-refractivity contribution in [3.05, 3.63) is 35.6 Å².